The van der Waals surface area contributed by atoms with Crippen LogP contribution in [0.25, 0.3) is 0 Å². The van der Waals surface area contributed by atoms with Gasteiger partial charge in [0.2, 0.25) is 0 Å². The van der Waals surface area contributed by atoms with Gasteiger partial charge in [-0.15, -0.1) is 0 Å². The predicted molar refractivity (Wildman–Crippen MR) is 83.0 cm³/mol. The predicted octanol–water partition coefficient (Wildman–Crippen LogP) is 1.56. The molecular formula is C17H22N2O2. The van der Waals surface area contributed by atoms with E-state index in [-0.39, 0.29) is 18.6 Å². The van der Waals surface area contributed by atoms with Crippen molar-refractivity contribution in [1.82, 2.24) is 4.90 Å². The van der Waals surface area contributed by atoms with Crippen LogP contribution in [0, 0.1) is 18.8 Å². The Labute approximate surface area is 126 Å². The van der Waals surface area contributed by atoms with Gasteiger partial charge in [0.1, 0.15) is 0 Å². The first-order valence-corrected chi connectivity index (χ1v) is 7.28. The molecule has 1 unspecified atom stereocenters. The molecule has 2 rings (SSSR count). The highest BCUT2D eigenvalue weighted by Gasteiger charge is 2.22. The number of hydrogen-bond acceptors (Lipinski definition) is 3. The van der Waals surface area contributed by atoms with E-state index >= 15 is 0 Å². The molecule has 4 nitrogen and oxygen atoms in total. The summed E-state index contributed by atoms with van der Waals surface area (Å²) in [5.41, 5.74) is 7.83. The van der Waals surface area contributed by atoms with Gasteiger partial charge >= 0.3 is 0 Å². The second-order valence-corrected chi connectivity index (χ2v) is 5.38. The van der Waals surface area contributed by atoms with Gasteiger partial charge in [0.25, 0.3) is 5.91 Å². The van der Waals surface area contributed by atoms with E-state index in [1.165, 1.54) is 0 Å². The zero-order chi connectivity index (χ0) is 15.2. The number of benzene rings is 1. The number of carbonyl (C=O) groups excluding carboxylic acids is 1. The van der Waals surface area contributed by atoms with Crippen LogP contribution in [0.1, 0.15) is 34.3 Å². The number of aryl methyl sites for hydroxylation is 1. The van der Waals surface area contributed by atoms with Crippen molar-refractivity contribution in [2.75, 3.05) is 26.7 Å². The molecule has 0 aliphatic carbocycles. The van der Waals surface area contributed by atoms with E-state index in [0.717, 1.165) is 30.6 Å². The first-order chi connectivity index (χ1) is 10.1. The molecule has 21 heavy (non-hydrogen) atoms. The Balaban J connectivity index is 2.18. The van der Waals surface area contributed by atoms with Crippen molar-refractivity contribution in [2.24, 2.45) is 5.73 Å². The molecule has 1 aliphatic heterocycles. The third-order valence-electron chi connectivity index (χ3n) is 3.58. The van der Waals surface area contributed by atoms with Crippen molar-refractivity contribution < 1.29 is 9.53 Å². The third kappa shape index (κ3) is 4.07. The van der Waals surface area contributed by atoms with Gasteiger partial charge in [-0.3, -0.25) is 4.79 Å². The van der Waals surface area contributed by atoms with E-state index in [0.29, 0.717) is 12.1 Å². The maximum atomic E-state index is 12.6. The van der Waals surface area contributed by atoms with Crippen LogP contribution < -0.4 is 5.73 Å². The molecule has 4 heteroatoms. The topological polar surface area (TPSA) is 55.6 Å². The monoisotopic (exact) mass is 286 g/mol. The molecule has 1 fully saturated rings. The quantitative estimate of drug-likeness (QED) is 0.858. The Morgan fingerprint density at radius 2 is 2.33 bits per heavy atom. The van der Waals surface area contributed by atoms with Crippen LogP contribution >= 0.6 is 0 Å². The Morgan fingerprint density at radius 3 is 3.00 bits per heavy atom. The summed E-state index contributed by atoms with van der Waals surface area (Å²) >= 11 is 0. The largest absolute Gasteiger partial charge is 0.376 e. The van der Waals surface area contributed by atoms with Crippen LogP contribution in [-0.4, -0.2) is 43.7 Å². The van der Waals surface area contributed by atoms with Crippen molar-refractivity contribution in [3.05, 3.63) is 34.9 Å². The standard InChI is InChI=1S/C17H22N2O2/c1-13-7-8-14(5-3-9-18)16(11-13)17(20)19(2)12-15-6-4-10-21-15/h7-8,11,15H,4,6,9-10,12,18H2,1-2H3. The highest BCUT2D eigenvalue weighted by Crippen LogP contribution is 2.16. The van der Waals surface area contributed by atoms with Crippen molar-refractivity contribution in [1.29, 1.82) is 0 Å². The molecule has 0 spiro atoms. The molecule has 112 valence electrons. The lowest BCUT2D eigenvalue weighted by Crippen LogP contribution is -2.34. The molecule has 0 saturated carbocycles. The molecule has 0 bridgehead atoms. The first kappa shape index (κ1) is 15.6. The molecule has 1 aromatic rings. The second kappa shape index (κ2) is 7.26. The number of nitrogens with two attached hydrogens (primary N) is 1. The summed E-state index contributed by atoms with van der Waals surface area (Å²) < 4.78 is 5.59. The fourth-order valence-corrected chi connectivity index (χ4v) is 2.47. The maximum absolute atomic E-state index is 12.6. The van der Waals surface area contributed by atoms with Gasteiger partial charge in [-0.2, -0.15) is 0 Å². The molecule has 1 atom stereocenters. The highest BCUT2D eigenvalue weighted by molar-refractivity contribution is 5.96. The molecule has 2 N–H and O–H groups in total. The lowest BCUT2D eigenvalue weighted by molar-refractivity contribution is 0.0587. The van der Waals surface area contributed by atoms with E-state index in [2.05, 4.69) is 11.8 Å². The summed E-state index contributed by atoms with van der Waals surface area (Å²) in [6.07, 6.45) is 2.25. The van der Waals surface area contributed by atoms with Crippen LogP contribution in [0.5, 0.6) is 0 Å². The zero-order valence-corrected chi connectivity index (χ0v) is 12.7. The molecule has 1 aromatic carbocycles. The second-order valence-electron chi connectivity index (χ2n) is 5.38. The minimum Gasteiger partial charge on any atom is -0.376 e. The number of likely N-dealkylation sites (N-methyl/N-ethyl adjacent to an activating group) is 1. The van der Waals surface area contributed by atoms with Crippen molar-refractivity contribution in [2.45, 2.75) is 25.9 Å². The molecule has 1 saturated heterocycles. The summed E-state index contributed by atoms with van der Waals surface area (Å²) in [7, 11) is 1.81. The lowest BCUT2D eigenvalue weighted by Gasteiger charge is -2.21. The Morgan fingerprint density at radius 1 is 1.52 bits per heavy atom. The average molecular weight is 286 g/mol. The number of amides is 1. The van der Waals surface area contributed by atoms with Crippen LogP contribution in [-0.2, 0) is 4.74 Å². The molecule has 1 heterocycles. The number of ether oxygens (including phenoxy) is 1. The van der Waals surface area contributed by atoms with Gasteiger partial charge in [-0.25, -0.2) is 0 Å². The summed E-state index contributed by atoms with van der Waals surface area (Å²) in [6, 6.07) is 5.72. The molecule has 0 radical (unpaired) electrons. The van der Waals surface area contributed by atoms with Crippen LogP contribution in [0.15, 0.2) is 18.2 Å². The van der Waals surface area contributed by atoms with Crippen LogP contribution in [0.3, 0.4) is 0 Å². The van der Waals surface area contributed by atoms with E-state index in [4.69, 9.17) is 10.5 Å². The Bertz CT molecular complexity index is 566. The third-order valence-corrected chi connectivity index (χ3v) is 3.58. The van der Waals surface area contributed by atoms with E-state index < -0.39 is 0 Å². The Kier molecular flexibility index (Phi) is 5.38. The van der Waals surface area contributed by atoms with Crippen molar-refractivity contribution >= 4 is 5.91 Å². The van der Waals surface area contributed by atoms with Gasteiger partial charge in [-0.1, -0.05) is 23.5 Å². The normalized spacial score (nSPS) is 17.2. The maximum Gasteiger partial charge on any atom is 0.254 e. The fourth-order valence-electron chi connectivity index (χ4n) is 2.47. The number of rotatable bonds is 3. The van der Waals surface area contributed by atoms with E-state index in [1.807, 2.05) is 32.2 Å². The van der Waals surface area contributed by atoms with Crippen molar-refractivity contribution in [3.63, 3.8) is 0 Å². The summed E-state index contributed by atoms with van der Waals surface area (Å²) in [4.78, 5) is 14.4. The zero-order valence-electron chi connectivity index (χ0n) is 12.7. The SMILES string of the molecule is Cc1ccc(C#CCN)c(C(=O)N(C)CC2CCCO2)c1. The van der Waals surface area contributed by atoms with Gasteiger partial charge < -0.3 is 15.4 Å². The van der Waals surface area contributed by atoms with Gasteiger partial charge in [0, 0.05) is 25.8 Å². The Hall–Kier alpha value is -1.83. The lowest BCUT2D eigenvalue weighted by atomic mass is 10.0. The highest BCUT2D eigenvalue weighted by atomic mass is 16.5. The summed E-state index contributed by atoms with van der Waals surface area (Å²) in [6.45, 7) is 3.67. The van der Waals surface area contributed by atoms with Crippen molar-refractivity contribution in [3.8, 4) is 11.8 Å². The average Bonchev–Trinajstić information content (AvgIpc) is 2.98. The van der Waals surface area contributed by atoms with E-state index in [9.17, 15) is 4.79 Å². The van der Waals surface area contributed by atoms with E-state index in [1.54, 1.807) is 4.90 Å². The molecular weight excluding hydrogens is 264 g/mol. The number of hydrogen-bond donors (Lipinski definition) is 1. The summed E-state index contributed by atoms with van der Waals surface area (Å²) in [5, 5.41) is 0. The van der Waals surface area contributed by atoms with Gasteiger partial charge in [-0.05, 0) is 31.9 Å². The minimum absolute atomic E-state index is 0.0180. The number of carbonyl (C=O) groups is 1. The van der Waals surface area contributed by atoms with Crippen LogP contribution in [0.2, 0.25) is 0 Å². The van der Waals surface area contributed by atoms with Gasteiger partial charge in [0.15, 0.2) is 0 Å². The molecule has 1 aliphatic rings. The fraction of sp³-hybridized carbons (Fsp3) is 0.471. The van der Waals surface area contributed by atoms with Gasteiger partial charge in [0.05, 0.1) is 18.2 Å². The molecule has 0 aromatic heterocycles. The minimum atomic E-state index is -0.0180. The molecule has 1 amide bonds. The first-order valence-electron chi connectivity index (χ1n) is 7.28. The number of nitrogens with zero attached hydrogens (tertiary/aromatic N) is 1. The summed E-state index contributed by atoms with van der Waals surface area (Å²) in [5.74, 6) is 5.77. The van der Waals surface area contributed by atoms with Crippen LogP contribution in [0.4, 0.5) is 0 Å². The smallest absolute Gasteiger partial charge is 0.254 e.